The monoisotopic (exact) mass is 380 g/mol. The van der Waals surface area contributed by atoms with E-state index < -0.39 is 12.0 Å². The first-order chi connectivity index (χ1) is 13.1. The predicted molar refractivity (Wildman–Crippen MR) is 107 cm³/mol. The molecule has 1 heterocycles. The number of nitrogens with one attached hydrogen (secondary N) is 1. The van der Waals surface area contributed by atoms with Gasteiger partial charge < -0.3 is 5.32 Å². The first kappa shape index (κ1) is 17.6. The molecule has 0 spiro atoms. The summed E-state index contributed by atoms with van der Waals surface area (Å²) in [5, 5.41) is 3.42. The molecule has 1 N–H and O–H groups in total. The van der Waals surface area contributed by atoms with Crippen LogP contribution in [0.1, 0.15) is 34.6 Å². The summed E-state index contributed by atoms with van der Waals surface area (Å²) in [6.45, 7) is 2.10. The van der Waals surface area contributed by atoms with Gasteiger partial charge in [0.25, 0.3) is 5.91 Å². The molecule has 1 aliphatic rings. The van der Waals surface area contributed by atoms with Gasteiger partial charge in [-0.05, 0) is 47.9 Å². The fraction of sp³-hybridized carbons (Fsp3) is 0.136. The van der Waals surface area contributed by atoms with Crippen LogP contribution in [0.15, 0.2) is 66.7 Å². The lowest BCUT2D eigenvalue weighted by Gasteiger charge is -2.38. The van der Waals surface area contributed by atoms with Gasteiger partial charge in [0.15, 0.2) is 0 Å². The number of benzene rings is 3. The first-order valence-electron chi connectivity index (χ1n) is 8.81. The molecule has 3 aromatic carbocycles. The SMILES string of the molecule is CCc1ccc(C2Nc3ccccc3C(=O)N2c2ccc(F)c(Cl)c2)cc1. The second-order valence-corrected chi connectivity index (χ2v) is 6.87. The predicted octanol–water partition coefficient (Wildman–Crippen LogP) is 5.81. The summed E-state index contributed by atoms with van der Waals surface area (Å²) < 4.78 is 13.7. The number of carbonyl (C=O) groups is 1. The Bertz CT molecular complexity index is 1000. The van der Waals surface area contributed by atoms with Crippen LogP contribution in [0.25, 0.3) is 0 Å². The molecule has 1 unspecified atom stereocenters. The molecule has 0 aliphatic carbocycles. The summed E-state index contributed by atoms with van der Waals surface area (Å²) in [6.07, 6.45) is 0.525. The maximum absolute atomic E-state index is 13.7. The number of nitrogens with zero attached hydrogens (tertiary/aromatic N) is 1. The normalized spacial score (nSPS) is 16.0. The third-order valence-corrected chi connectivity index (χ3v) is 5.10. The van der Waals surface area contributed by atoms with E-state index in [4.69, 9.17) is 11.6 Å². The van der Waals surface area contributed by atoms with Crippen LogP contribution in [0.4, 0.5) is 15.8 Å². The fourth-order valence-electron chi connectivity index (χ4n) is 3.32. The molecule has 5 heteroatoms. The molecular formula is C22H18ClFN2O. The number of carbonyl (C=O) groups excluding carboxylic acids is 1. The summed E-state index contributed by atoms with van der Waals surface area (Å²) in [7, 11) is 0. The van der Waals surface area contributed by atoms with E-state index in [1.165, 1.54) is 17.7 Å². The van der Waals surface area contributed by atoms with Gasteiger partial charge in [0.05, 0.1) is 10.6 Å². The number of aryl methyl sites for hydroxylation is 1. The van der Waals surface area contributed by atoms with Gasteiger partial charge in [0, 0.05) is 11.4 Å². The Morgan fingerprint density at radius 1 is 1.07 bits per heavy atom. The van der Waals surface area contributed by atoms with Gasteiger partial charge in [-0.3, -0.25) is 9.69 Å². The van der Waals surface area contributed by atoms with E-state index in [2.05, 4.69) is 24.4 Å². The van der Waals surface area contributed by atoms with E-state index in [1.54, 1.807) is 17.0 Å². The molecular weight excluding hydrogens is 363 g/mol. The second-order valence-electron chi connectivity index (χ2n) is 6.46. The van der Waals surface area contributed by atoms with E-state index in [-0.39, 0.29) is 10.9 Å². The zero-order chi connectivity index (χ0) is 19.0. The third kappa shape index (κ3) is 3.17. The molecule has 1 aliphatic heterocycles. The van der Waals surface area contributed by atoms with E-state index in [1.807, 2.05) is 30.3 Å². The van der Waals surface area contributed by atoms with E-state index in [0.29, 0.717) is 11.3 Å². The van der Waals surface area contributed by atoms with Crippen LogP contribution in [0.2, 0.25) is 5.02 Å². The highest BCUT2D eigenvalue weighted by atomic mass is 35.5. The Kier molecular flexibility index (Phi) is 4.58. The van der Waals surface area contributed by atoms with Crippen molar-refractivity contribution in [2.75, 3.05) is 10.2 Å². The number of hydrogen-bond donors (Lipinski definition) is 1. The standard InChI is InChI=1S/C22H18ClFN2O/c1-2-14-7-9-15(10-8-14)21-25-20-6-4-3-5-17(20)22(27)26(21)16-11-12-19(24)18(23)13-16/h3-13,21,25H,2H2,1H3. The fourth-order valence-corrected chi connectivity index (χ4v) is 3.50. The minimum absolute atomic E-state index is 0.0146. The molecule has 0 radical (unpaired) electrons. The Morgan fingerprint density at radius 2 is 1.81 bits per heavy atom. The number of halogens is 2. The number of hydrogen-bond acceptors (Lipinski definition) is 2. The highest BCUT2D eigenvalue weighted by Crippen LogP contribution is 2.37. The second kappa shape index (κ2) is 7.05. The van der Waals surface area contributed by atoms with Gasteiger partial charge in [-0.2, -0.15) is 0 Å². The summed E-state index contributed by atoms with van der Waals surface area (Å²) in [5.41, 5.74) is 4.04. The Morgan fingerprint density at radius 3 is 2.52 bits per heavy atom. The van der Waals surface area contributed by atoms with Crippen molar-refractivity contribution in [1.29, 1.82) is 0 Å². The van der Waals surface area contributed by atoms with Gasteiger partial charge in [0.2, 0.25) is 0 Å². The van der Waals surface area contributed by atoms with Gasteiger partial charge >= 0.3 is 0 Å². The maximum Gasteiger partial charge on any atom is 0.262 e. The van der Waals surface area contributed by atoms with Crippen molar-refractivity contribution in [2.24, 2.45) is 0 Å². The summed E-state index contributed by atoms with van der Waals surface area (Å²) in [5.74, 6) is -0.668. The lowest BCUT2D eigenvalue weighted by Crippen LogP contribution is -2.43. The zero-order valence-corrected chi connectivity index (χ0v) is 15.5. The van der Waals surface area contributed by atoms with Crippen molar-refractivity contribution < 1.29 is 9.18 Å². The molecule has 0 bridgehead atoms. The van der Waals surface area contributed by atoms with E-state index in [0.717, 1.165) is 17.7 Å². The van der Waals surface area contributed by atoms with Gasteiger partial charge in [-0.15, -0.1) is 0 Å². The van der Waals surface area contributed by atoms with Crippen molar-refractivity contribution >= 4 is 28.9 Å². The summed E-state index contributed by atoms with van der Waals surface area (Å²) >= 11 is 5.98. The molecule has 4 rings (SSSR count). The van der Waals surface area contributed by atoms with Crippen LogP contribution in [0.3, 0.4) is 0 Å². The van der Waals surface area contributed by atoms with E-state index >= 15 is 0 Å². The van der Waals surface area contributed by atoms with Gasteiger partial charge in [-0.1, -0.05) is 54.9 Å². The Labute approximate surface area is 162 Å². The molecule has 3 nitrogen and oxygen atoms in total. The minimum Gasteiger partial charge on any atom is -0.360 e. The molecule has 3 aromatic rings. The minimum atomic E-state index is -0.512. The molecule has 0 aromatic heterocycles. The largest absolute Gasteiger partial charge is 0.360 e. The quantitative estimate of drug-likeness (QED) is 0.621. The first-order valence-corrected chi connectivity index (χ1v) is 9.19. The van der Waals surface area contributed by atoms with Crippen molar-refractivity contribution in [3.8, 4) is 0 Å². The third-order valence-electron chi connectivity index (χ3n) is 4.81. The smallest absolute Gasteiger partial charge is 0.262 e. The van der Waals surface area contributed by atoms with Crippen LogP contribution in [0, 0.1) is 5.82 Å². The molecule has 0 saturated carbocycles. The molecule has 0 saturated heterocycles. The van der Waals surface area contributed by atoms with Crippen molar-refractivity contribution in [2.45, 2.75) is 19.5 Å². The lowest BCUT2D eigenvalue weighted by atomic mass is 10.0. The molecule has 1 atom stereocenters. The number of fused-ring (bicyclic) bond motifs is 1. The molecule has 1 amide bonds. The van der Waals surface area contributed by atoms with Crippen LogP contribution in [-0.4, -0.2) is 5.91 Å². The summed E-state index contributed by atoms with van der Waals surface area (Å²) in [6, 6.07) is 19.8. The topological polar surface area (TPSA) is 32.3 Å². The van der Waals surface area contributed by atoms with Crippen LogP contribution in [-0.2, 0) is 6.42 Å². The number of rotatable bonds is 3. The van der Waals surface area contributed by atoms with Crippen LogP contribution in [0.5, 0.6) is 0 Å². The molecule has 27 heavy (non-hydrogen) atoms. The number of anilines is 2. The highest BCUT2D eigenvalue weighted by Gasteiger charge is 2.34. The van der Waals surface area contributed by atoms with Crippen molar-refractivity contribution in [1.82, 2.24) is 0 Å². The van der Waals surface area contributed by atoms with E-state index in [9.17, 15) is 9.18 Å². The number of para-hydroxylation sites is 1. The van der Waals surface area contributed by atoms with Crippen molar-refractivity contribution in [3.63, 3.8) is 0 Å². The average molecular weight is 381 g/mol. The molecule has 0 fully saturated rings. The van der Waals surface area contributed by atoms with Gasteiger partial charge in [-0.25, -0.2) is 4.39 Å². The Balaban J connectivity index is 1.84. The zero-order valence-electron chi connectivity index (χ0n) is 14.7. The van der Waals surface area contributed by atoms with Gasteiger partial charge in [0.1, 0.15) is 12.0 Å². The Hall–Kier alpha value is -2.85. The number of amides is 1. The molecule has 136 valence electrons. The van der Waals surface area contributed by atoms with Crippen LogP contribution >= 0.6 is 11.6 Å². The van der Waals surface area contributed by atoms with Crippen LogP contribution < -0.4 is 10.2 Å². The summed E-state index contributed by atoms with van der Waals surface area (Å²) in [4.78, 5) is 14.9. The van der Waals surface area contributed by atoms with Crippen molar-refractivity contribution in [3.05, 3.63) is 94.3 Å². The maximum atomic E-state index is 13.7. The lowest BCUT2D eigenvalue weighted by molar-refractivity contribution is 0.0975. The highest BCUT2D eigenvalue weighted by molar-refractivity contribution is 6.31. The average Bonchev–Trinajstić information content (AvgIpc) is 2.70.